The van der Waals surface area contributed by atoms with E-state index in [1.807, 2.05) is 35.2 Å². The van der Waals surface area contributed by atoms with Crippen molar-refractivity contribution in [3.8, 4) is 0 Å². The first-order valence-corrected chi connectivity index (χ1v) is 11.7. The Balaban J connectivity index is 1.30. The van der Waals surface area contributed by atoms with Crippen LogP contribution in [0, 0.1) is 0 Å². The summed E-state index contributed by atoms with van der Waals surface area (Å²) in [6.45, 7) is 3.70. The summed E-state index contributed by atoms with van der Waals surface area (Å²) >= 11 is 0. The van der Waals surface area contributed by atoms with Gasteiger partial charge in [-0.1, -0.05) is 78.9 Å². The third-order valence-corrected chi connectivity index (χ3v) is 7.10. The summed E-state index contributed by atoms with van der Waals surface area (Å²) in [4.78, 5) is 17.7. The summed E-state index contributed by atoms with van der Waals surface area (Å²) in [5.41, 5.74) is 3.64. The number of hydrogen-bond donors (Lipinski definition) is 1. The summed E-state index contributed by atoms with van der Waals surface area (Å²) < 4.78 is 0. The standard InChI is InChI=1S/C28H31N3O/c32-28(29-25-14-8-3-9-15-25)31-20-26(24-12-6-2-7-13-24)27(21-31)30-18-16-23(17-19-30)22-10-4-1-5-11-22/h1-15,23,26-27H,16-21H2,(H,29,32)/t26-,27+/m1/s1. The molecule has 0 saturated carbocycles. The zero-order valence-corrected chi connectivity index (χ0v) is 18.4. The Hall–Kier alpha value is -3.11. The molecule has 3 aromatic rings. The first-order valence-electron chi connectivity index (χ1n) is 11.7. The topological polar surface area (TPSA) is 35.6 Å². The number of benzene rings is 3. The quantitative estimate of drug-likeness (QED) is 0.593. The van der Waals surface area contributed by atoms with Gasteiger partial charge in [-0.2, -0.15) is 0 Å². The number of urea groups is 1. The highest BCUT2D eigenvalue weighted by Crippen LogP contribution is 2.36. The fraction of sp³-hybridized carbons (Fsp3) is 0.321. The smallest absolute Gasteiger partial charge is 0.321 e. The van der Waals surface area contributed by atoms with Gasteiger partial charge in [0.25, 0.3) is 0 Å². The van der Waals surface area contributed by atoms with E-state index in [2.05, 4.69) is 70.9 Å². The number of carbonyl (C=O) groups is 1. The number of likely N-dealkylation sites (tertiary alicyclic amines) is 2. The number of para-hydroxylation sites is 1. The third kappa shape index (κ3) is 4.56. The number of nitrogens with zero attached hydrogens (tertiary/aromatic N) is 2. The van der Waals surface area contributed by atoms with Gasteiger partial charge < -0.3 is 10.2 Å². The number of nitrogens with one attached hydrogen (secondary N) is 1. The Kier molecular flexibility index (Phi) is 6.22. The molecular weight excluding hydrogens is 394 g/mol. The number of rotatable bonds is 4. The highest BCUT2D eigenvalue weighted by Gasteiger charge is 2.40. The van der Waals surface area contributed by atoms with Gasteiger partial charge in [0, 0.05) is 30.7 Å². The van der Waals surface area contributed by atoms with Crippen LogP contribution in [0.5, 0.6) is 0 Å². The molecule has 2 heterocycles. The van der Waals surface area contributed by atoms with Crippen LogP contribution in [0.1, 0.15) is 35.8 Å². The molecule has 2 fully saturated rings. The molecule has 2 atom stereocenters. The second kappa shape index (κ2) is 9.58. The van der Waals surface area contributed by atoms with Crippen LogP contribution >= 0.6 is 0 Å². The van der Waals surface area contributed by atoms with Crippen molar-refractivity contribution >= 4 is 11.7 Å². The van der Waals surface area contributed by atoms with Crippen LogP contribution in [-0.4, -0.2) is 48.1 Å². The molecule has 0 bridgehead atoms. The van der Waals surface area contributed by atoms with Crippen molar-refractivity contribution in [3.05, 3.63) is 102 Å². The second-order valence-corrected chi connectivity index (χ2v) is 9.01. The maximum absolute atomic E-state index is 13.1. The highest BCUT2D eigenvalue weighted by molar-refractivity contribution is 5.89. The van der Waals surface area contributed by atoms with E-state index in [-0.39, 0.29) is 6.03 Å². The van der Waals surface area contributed by atoms with Crippen LogP contribution in [0.15, 0.2) is 91.0 Å². The lowest BCUT2D eigenvalue weighted by Crippen LogP contribution is -2.45. The highest BCUT2D eigenvalue weighted by atomic mass is 16.2. The van der Waals surface area contributed by atoms with E-state index in [4.69, 9.17) is 0 Å². The molecule has 2 amide bonds. The molecule has 4 heteroatoms. The summed E-state index contributed by atoms with van der Waals surface area (Å²) in [5, 5.41) is 3.08. The average Bonchev–Trinajstić information content (AvgIpc) is 3.32. The summed E-state index contributed by atoms with van der Waals surface area (Å²) in [5.74, 6) is 0.979. The Bertz CT molecular complexity index is 1000. The summed E-state index contributed by atoms with van der Waals surface area (Å²) in [6.07, 6.45) is 2.36. The van der Waals surface area contributed by atoms with Gasteiger partial charge in [-0.05, 0) is 55.1 Å². The molecule has 3 aromatic carbocycles. The van der Waals surface area contributed by atoms with Crippen LogP contribution in [-0.2, 0) is 0 Å². The van der Waals surface area contributed by atoms with Crippen molar-refractivity contribution in [1.82, 2.24) is 9.80 Å². The van der Waals surface area contributed by atoms with Crippen molar-refractivity contribution in [2.45, 2.75) is 30.7 Å². The molecule has 4 nitrogen and oxygen atoms in total. The van der Waals surface area contributed by atoms with Crippen LogP contribution in [0.3, 0.4) is 0 Å². The maximum atomic E-state index is 13.1. The Labute approximate surface area is 190 Å². The second-order valence-electron chi connectivity index (χ2n) is 9.01. The monoisotopic (exact) mass is 425 g/mol. The molecule has 2 aliphatic heterocycles. The lowest BCUT2D eigenvalue weighted by atomic mass is 9.87. The molecule has 1 N–H and O–H groups in total. The number of hydrogen-bond acceptors (Lipinski definition) is 2. The number of carbonyl (C=O) groups excluding carboxylic acids is 1. The van der Waals surface area contributed by atoms with E-state index in [1.54, 1.807) is 0 Å². The number of amides is 2. The van der Waals surface area contributed by atoms with Gasteiger partial charge in [0.2, 0.25) is 0 Å². The van der Waals surface area contributed by atoms with Crippen LogP contribution < -0.4 is 5.32 Å². The van der Waals surface area contributed by atoms with Gasteiger partial charge in [-0.25, -0.2) is 4.79 Å². The van der Waals surface area contributed by atoms with Crippen molar-refractivity contribution in [2.24, 2.45) is 0 Å². The van der Waals surface area contributed by atoms with Crippen LogP contribution in [0.25, 0.3) is 0 Å². The molecule has 5 rings (SSSR count). The molecule has 2 aliphatic rings. The van der Waals surface area contributed by atoms with Crippen molar-refractivity contribution in [2.75, 3.05) is 31.5 Å². The SMILES string of the molecule is O=C(Nc1ccccc1)N1C[C@H](c2ccccc2)[C@@H](N2CCC(c3ccccc3)CC2)C1. The molecule has 0 unspecified atom stereocenters. The van der Waals surface area contributed by atoms with E-state index in [1.165, 1.54) is 24.0 Å². The van der Waals surface area contributed by atoms with E-state index < -0.39 is 0 Å². The maximum Gasteiger partial charge on any atom is 0.321 e. The lowest BCUT2D eigenvalue weighted by molar-refractivity contribution is 0.145. The molecule has 2 saturated heterocycles. The van der Waals surface area contributed by atoms with Crippen molar-refractivity contribution in [1.29, 1.82) is 0 Å². The normalized spacial score (nSPS) is 22.1. The molecule has 0 aliphatic carbocycles. The Morgan fingerprint density at radius 3 is 1.91 bits per heavy atom. The van der Waals surface area contributed by atoms with Crippen LogP contribution in [0.2, 0.25) is 0 Å². The average molecular weight is 426 g/mol. The predicted octanol–water partition coefficient (Wildman–Crippen LogP) is 5.57. The minimum Gasteiger partial charge on any atom is -0.322 e. The number of anilines is 1. The van der Waals surface area contributed by atoms with Crippen molar-refractivity contribution < 1.29 is 4.79 Å². The molecular formula is C28H31N3O. The van der Waals surface area contributed by atoms with Crippen molar-refractivity contribution in [3.63, 3.8) is 0 Å². The minimum atomic E-state index is -0.00111. The van der Waals surface area contributed by atoms with Gasteiger partial charge in [0.15, 0.2) is 0 Å². The first kappa shape index (κ1) is 20.8. The predicted molar refractivity (Wildman–Crippen MR) is 130 cm³/mol. The van der Waals surface area contributed by atoms with Crippen LogP contribution in [0.4, 0.5) is 10.5 Å². The van der Waals surface area contributed by atoms with E-state index in [0.717, 1.165) is 31.9 Å². The van der Waals surface area contributed by atoms with E-state index >= 15 is 0 Å². The Morgan fingerprint density at radius 2 is 1.28 bits per heavy atom. The molecule has 164 valence electrons. The third-order valence-electron chi connectivity index (χ3n) is 7.10. The van der Waals surface area contributed by atoms with Gasteiger partial charge in [-0.15, -0.1) is 0 Å². The minimum absolute atomic E-state index is 0.00111. The fourth-order valence-electron chi connectivity index (χ4n) is 5.36. The number of piperidine rings is 1. The van der Waals surface area contributed by atoms with E-state index in [0.29, 0.717) is 17.9 Å². The van der Waals surface area contributed by atoms with Gasteiger partial charge in [0.05, 0.1) is 0 Å². The first-order chi connectivity index (χ1) is 15.8. The molecule has 0 radical (unpaired) electrons. The summed E-state index contributed by atoms with van der Waals surface area (Å²) in [7, 11) is 0. The van der Waals surface area contributed by atoms with Gasteiger partial charge in [-0.3, -0.25) is 4.90 Å². The zero-order chi connectivity index (χ0) is 21.8. The van der Waals surface area contributed by atoms with E-state index in [9.17, 15) is 4.79 Å². The van der Waals surface area contributed by atoms with Gasteiger partial charge >= 0.3 is 6.03 Å². The molecule has 0 spiro atoms. The molecule has 0 aromatic heterocycles. The zero-order valence-electron chi connectivity index (χ0n) is 18.4. The Morgan fingerprint density at radius 1 is 0.719 bits per heavy atom. The van der Waals surface area contributed by atoms with Gasteiger partial charge in [0.1, 0.15) is 0 Å². The largest absolute Gasteiger partial charge is 0.322 e. The summed E-state index contributed by atoms with van der Waals surface area (Å²) in [6, 6.07) is 31.7. The fourth-order valence-corrected chi connectivity index (χ4v) is 5.36. The lowest BCUT2D eigenvalue weighted by Gasteiger charge is -2.38. The molecule has 32 heavy (non-hydrogen) atoms.